The van der Waals surface area contributed by atoms with Crippen LogP contribution in [0.3, 0.4) is 0 Å². The molecule has 0 bridgehead atoms. The maximum Gasteiger partial charge on any atom is 0.407 e. The average molecular weight is 453 g/mol. The van der Waals surface area contributed by atoms with Crippen LogP contribution < -0.4 is 5.32 Å². The van der Waals surface area contributed by atoms with Crippen LogP contribution in [-0.4, -0.2) is 29.5 Å². The van der Waals surface area contributed by atoms with Crippen molar-refractivity contribution in [2.75, 3.05) is 7.11 Å². The summed E-state index contributed by atoms with van der Waals surface area (Å²) in [6.07, 6.45) is 6.31. The number of benzene rings is 1. The van der Waals surface area contributed by atoms with E-state index >= 15 is 0 Å². The highest BCUT2D eigenvalue weighted by Gasteiger charge is 2.27. The van der Waals surface area contributed by atoms with Crippen molar-refractivity contribution in [1.29, 1.82) is 5.26 Å². The molecule has 0 aliphatic heterocycles. The van der Waals surface area contributed by atoms with E-state index in [9.17, 15) is 10.1 Å². The molecule has 1 aliphatic carbocycles. The molecule has 3 rings (SSSR count). The highest BCUT2D eigenvalue weighted by molar-refractivity contribution is 7.14. The zero-order valence-electron chi connectivity index (χ0n) is 18.8. The molecule has 1 heterocycles. The number of methoxy groups -OCH3 is 1. The lowest BCUT2D eigenvalue weighted by molar-refractivity contribution is 0.155. The molecule has 0 spiro atoms. The lowest BCUT2D eigenvalue weighted by Gasteiger charge is -2.13. The molecule has 2 aromatic rings. The van der Waals surface area contributed by atoms with E-state index in [4.69, 9.17) is 9.47 Å². The number of allylic oxidation sites excluding steroid dienone is 3. The normalized spacial score (nSPS) is 15.9. The summed E-state index contributed by atoms with van der Waals surface area (Å²) in [7, 11) is 1.37. The van der Waals surface area contributed by atoms with Crippen molar-refractivity contribution in [3.05, 3.63) is 57.8 Å². The summed E-state index contributed by atoms with van der Waals surface area (Å²) in [5.41, 5.74) is 3.99. The van der Waals surface area contributed by atoms with Crippen LogP contribution >= 0.6 is 11.3 Å². The number of ether oxygens (including phenoxy) is 2. The largest absolute Gasteiger partial charge is 0.490 e. The summed E-state index contributed by atoms with van der Waals surface area (Å²) < 4.78 is 10.5. The van der Waals surface area contributed by atoms with Crippen molar-refractivity contribution in [1.82, 2.24) is 15.5 Å². The van der Waals surface area contributed by atoms with Gasteiger partial charge in [0.25, 0.3) is 0 Å². The van der Waals surface area contributed by atoms with Gasteiger partial charge in [-0.15, -0.1) is 10.2 Å². The van der Waals surface area contributed by atoms with Gasteiger partial charge in [-0.25, -0.2) is 4.79 Å². The highest BCUT2D eigenvalue weighted by atomic mass is 32.1. The van der Waals surface area contributed by atoms with Gasteiger partial charge in [-0.2, -0.15) is 5.26 Å². The smallest absolute Gasteiger partial charge is 0.407 e. The maximum atomic E-state index is 11.6. The molecule has 1 atom stereocenters. The number of alkyl carbamates (subject to hydrolysis) is 1. The molecule has 0 radical (unpaired) electrons. The van der Waals surface area contributed by atoms with E-state index < -0.39 is 6.09 Å². The van der Waals surface area contributed by atoms with Gasteiger partial charge >= 0.3 is 6.09 Å². The number of nitriles is 1. The molecule has 168 valence electrons. The quantitative estimate of drug-likeness (QED) is 0.333. The Labute approximate surface area is 192 Å². The standard InChI is InChI=1S/C24H28N4O3S/c1-5-16(14-25)21(31-15(2)3)10-7-11-22-27-28-23(32-22)19-9-6-8-18-17(19)12-13-20(18)26-24(29)30-4/h6-10,15,20H,5,11-13H2,1-4H3,(H,26,29)/b10-7-,21-16-. The Morgan fingerprint density at radius 3 is 2.91 bits per heavy atom. The van der Waals surface area contributed by atoms with E-state index in [0.717, 1.165) is 34.0 Å². The van der Waals surface area contributed by atoms with Gasteiger partial charge in [-0.05, 0) is 50.3 Å². The molecule has 0 saturated carbocycles. The van der Waals surface area contributed by atoms with Crippen LogP contribution in [0.25, 0.3) is 10.6 Å². The second-order valence-corrected chi connectivity index (χ2v) is 8.74. The van der Waals surface area contributed by atoms with E-state index in [0.29, 0.717) is 24.2 Å². The SMILES string of the molecule is CC/C(C#N)=C(\C=C/Cc1nnc(-c2cccc3c2CCC3NC(=O)OC)s1)OC(C)C. The fraction of sp³-hybridized carbons (Fsp3) is 0.417. The molecule has 1 amide bonds. The van der Waals surface area contributed by atoms with Gasteiger partial charge in [-0.3, -0.25) is 0 Å². The van der Waals surface area contributed by atoms with E-state index in [1.165, 1.54) is 12.7 Å². The molecule has 0 saturated heterocycles. The zero-order chi connectivity index (χ0) is 23.1. The van der Waals surface area contributed by atoms with Crippen molar-refractivity contribution in [3.63, 3.8) is 0 Å². The monoisotopic (exact) mass is 452 g/mol. The van der Waals surface area contributed by atoms with E-state index in [2.05, 4.69) is 27.6 Å². The Morgan fingerprint density at radius 2 is 2.22 bits per heavy atom. The predicted octanol–water partition coefficient (Wildman–Crippen LogP) is 5.26. The Bertz CT molecular complexity index is 1070. The number of hydrogen-bond acceptors (Lipinski definition) is 7. The van der Waals surface area contributed by atoms with Gasteiger partial charge in [0.05, 0.1) is 30.9 Å². The number of carbonyl (C=O) groups is 1. The molecule has 1 aromatic carbocycles. The van der Waals surface area contributed by atoms with Gasteiger partial charge < -0.3 is 14.8 Å². The van der Waals surface area contributed by atoms with E-state index in [1.807, 2.05) is 45.1 Å². The van der Waals surface area contributed by atoms with Crippen LogP contribution in [0, 0.1) is 11.3 Å². The molecular formula is C24H28N4O3S. The Morgan fingerprint density at radius 1 is 1.41 bits per heavy atom. The number of rotatable bonds is 8. The number of hydrogen-bond donors (Lipinski definition) is 1. The van der Waals surface area contributed by atoms with Gasteiger partial charge in [-0.1, -0.05) is 42.5 Å². The summed E-state index contributed by atoms with van der Waals surface area (Å²) in [6.45, 7) is 5.83. The van der Waals surface area contributed by atoms with Gasteiger partial charge in [0.1, 0.15) is 15.8 Å². The molecule has 1 aliphatic rings. The maximum absolute atomic E-state index is 11.6. The number of amides is 1. The predicted molar refractivity (Wildman–Crippen MR) is 124 cm³/mol. The second kappa shape index (κ2) is 10.9. The molecule has 1 unspecified atom stereocenters. The first-order chi connectivity index (χ1) is 15.5. The fourth-order valence-electron chi connectivity index (χ4n) is 3.69. The van der Waals surface area contributed by atoms with Gasteiger partial charge in [0.2, 0.25) is 0 Å². The fourth-order valence-corrected chi connectivity index (χ4v) is 4.56. The zero-order valence-corrected chi connectivity index (χ0v) is 19.7. The van der Waals surface area contributed by atoms with Crippen molar-refractivity contribution < 1.29 is 14.3 Å². The minimum atomic E-state index is -0.421. The van der Waals surface area contributed by atoms with Crippen molar-refractivity contribution >= 4 is 17.4 Å². The lowest BCUT2D eigenvalue weighted by Crippen LogP contribution is -2.26. The summed E-state index contributed by atoms with van der Waals surface area (Å²) in [5, 5.41) is 22.7. The number of aromatic nitrogens is 2. The Hall–Kier alpha value is -3.18. The summed E-state index contributed by atoms with van der Waals surface area (Å²) >= 11 is 1.55. The summed E-state index contributed by atoms with van der Waals surface area (Å²) in [6, 6.07) is 8.25. The topological polar surface area (TPSA) is 97.1 Å². The van der Waals surface area contributed by atoms with Crippen LogP contribution in [-0.2, 0) is 22.3 Å². The van der Waals surface area contributed by atoms with Gasteiger partial charge in [0, 0.05) is 12.0 Å². The number of nitrogens with zero attached hydrogens (tertiary/aromatic N) is 3. The van der Waals surface area contributed by atoms with E-state index in [1.54, 1.807) is 11.3 Å². The third kappa shape index (κ3) is 5.54. The van der Waals surface area contributed by atoms with Crippen LogP contribution in [0.5, 0.6) is 0 Å². The average Bonchev–Trinajstić information content (AvgIpc) is 3.41. The van der Waals surface area contributed by atoms with Crippen LogP contribution in [0.15, 0.2) is 41.7 Å². The minimum absolute atomic E-state index is 0.00430. The number of nitrogens with one attached hydrogen (secondary N) is 1. The Kier molecular flexibility index (Phi) is 8.01. The van der Waals surface area contributed by atoms with Crippen LogP contribution in [0.2, 0.25) is 0 Å². The third-order valence-electron chi connectivity index (χ3n) is 5.16. The lowest BCUT2D eigenvalue weighted by atomic mass is 10.0. The molecule has 1 aromatic heterocycles. The first kappa shape index (κ1) is 23.5. The second-order valence-electron chi connectivity index (χ2n) is 7.68. The first-order valence-electron chi connectivity index (χ1n) is 10.7. The Balaban J connectivity index is 1.76. The molecule has 8 heteroatoms. The van der Waals surface area contributed by atoms with Crippen molar-refractivity contribution in [2.24, 2.45) is 0 Å². The summed E-state index contributed by atoms with van der Waals surface area (Å²) in [4.78, 5) is 11.6. The first-order valence-corrected chi connectivity index (χ1v) is 11.5. The number of carbonyl (C=O) groups excluding carboxylic acids is 1. The summed E-state index contributed by atoms with van der Waals surface area (Å²) in [5.74, 6) is 0.611. The molecule has 7 nitrogen and oxygen atoms in total. The van der Waals surface area contributed by atoms with Crippen LogP contribution in [0.1, 0.15) is 55.8 Å². The number of fused-ring (bicyclic) bond motifs is 1. The van der Waals surface area contributed by atoms with E-state index in [-0.39, 0.29) is 12.1 Å². The van der Waals surface area contributed by atoms with Gasteiger partial charge in [0.15, 0.2) is 0 Å². The van der Waals surface area contributed by atoms with Crippen molar-refractivity contribution in [3.8, 4) is 16.6 Å². The molecular weight excluding hydrogens is 424 g/mol. The van der Waals surface area contributed by atoms with Crippen LogP contribution in [0.4, 0.5) is 4.79 Å². The minimum Gasteiger partial charge on any atom is -0.490 e. The highest BCUT2D eigenvalue weighted by Crippen LogP contribution is 2.38. The molecule has 1 N–H and O–H groups in total. The molecule has 0 fully saturated rings. The third-order valence-corrected chi connectivity index (χ3v) is 6.13. The molecule has 32 heavy (non-hydrogen) atoms. The van der Waals surface area contributed by atoms with Crippen molar-refractivity contribution in [2.45, 2.75) is 58.6 Å².